The highest BCUT2D eigenvalue weighted by molar-refractivity contribution is 6.31. The summed E-state index contributed by atoms with van der Waals surface area (Å²) in [5.41, 5.74) is 2.31. The number of carbonyl (C=O) groups is 2. The molecule has 0 unspecified atom stereocenters. The first-order chi connectivity index (χ1) is 15.4. The van der Waals surface area contributed by atoms with Crippen molar-refractivity contribution in [3.63, 3.8) is 0 Å². The molecule has 166 valence electrons. The van der Waals surface area contributed by atoms with Crippen LogP contribution in [0.15, 0.2) is 41.2 Å². The number of nitrogens with one attached hydrogen (secondary N) is 2. The van der Waals surface area contributed by atoms with E-state index in [0.717, 1.165) is 18.7 Å². The second-order valence-electron chi connectivity index (χ2n) is 8.50. The minimum Gasteiger partial charge on any atom is -0.464 e. The van der Waals surface area contributed by atoms with Crippen LogP contribution >= 0.6 is 11.6 Å². The third-order valence-corrected chi connectivity index (χ3v) is 6.57. The molecule has 0 radical (unpaired) electrons. The number of ether oxygens (including phenoxy) is 1. The van der Waals surface area contributed by atoms with E-state index in [9.17, 15) is 14.4 Å². The number of carbonyl (C=O) groups excluding carboxylic acids is 2. The number of likely N-dealkylation sites (tertiary alicyclic amines) is 1. The molecule has 4 heterocycles. The van der Waals surface area contributed by atoms with Gasteiger partial charge in [0.15, 0.2) is 0 Å². The van der Waals surface area contributed by atoms with Crippen LogP contribution in [0.1, 0.15) is 28.5 Å². The first kappa shape index (κ1) is 20.8. The van der Waals surface area contributed by atoms with Crippen LogP contribution < -0.4 is 10.9 Å². The van der Waals surface area contributed by atoms with Gasteiger partial charge in [0.05, 0.1) is 19.3 Å². The number of methoxy groups -OCH3 is 1. The van der Waals surface area contributed by atoms with E-state index in [-0.39, 0.29) is 29.6 Å². The normalized spacial score (nSPS) is 20.1. The number of rotatable bonds is 4. The van der Waals surface area contributed by atoms with Crippen LogP contribution in [0.5, 0.6) is 0 Å². The van der Waals surface area contributed by atoms with Gasteiger partial charge in [-0.25, -0.2) is 4.79 Å². The molecule has 3 aromatic rings. The molecule has 2 aliphatic rings. The molecule has 1 saturated heterocycles. The van der Waals surface area contributed by atoms with Crippen LogP contribution in [-0.2, 0) is 16.1 Å². The number of aromatic amines is 1. The Bertz CT molecular complexity index is 1280. The topological polar surface area (TPSA) is 96.4 Å². The average Bonchev–Trinajstić information content (AvgIpc) is 3.11. The van der Waals surface area contributed by atoms with Crippen molar-refractivity contribution in [2.75, 3.05) is 32.1 Å². The Morgan fingerprint density at radius 2 is 2.06 bits per heavy atom. The number of aromatic nitrogens is 2. The number of hydrogen-bond donors (Lipinski definition) is 2. The molecule has 1 fully saturated rings. The number of H-pyrrole nitrogens is 1. The highest BCUT2D eigenvalue weighted by Crippen LogP contribution is 2.35. The van der Waals surface area contributed by atoms with E-state index in [1.807, 2.05) is 10.6 Å². The number of pyridine rings is 1. The van der Waals surface area contributed by atoms with Gasteiger partial charge in [0, 0.05) is 53.2 Å². The van der Waals surface area contributed by atoms with Gasteiger partial charge < -0.3 is 19.6 Å². The number of esters is 1. The van der Waals surface area contributed by atoms with E-state index in [4.69, 9.17) is 16.3 Å². The largest absolute Gasteiger partial charge is 0.464 e. The van der Waals surface area contributed by atoms with Crippen molar-refractivity contribution in [2.45, 2.75) is 18.9 Å². The first-order valence-corrected chi connectivity index (χ1v) is 10.9. The van der Waals surface area contributed by atoms with Crippen LogP contribution in [0, 0.1) is 5.92 Å². The van der Waals surface area contributed by atoms with Gasteiger partial charge in [-0.1, -0.05) is 17.7 Å². The molecule has 0 saturated carbocycles. The predicted octanol–water partition coefficient (Wildman–Crippen LogP) is 2.83. The molecule has 8 nitrogen and oxygen atoms in total. The second-order valence-corrected chi connectivity index (χ2v) is 8.93. The lowest BCUT2D eigenvalue weighted by Gasteiger charge is -2.42. The van der Waals surface area contributed by atoms with Crippen molar-refractivity contribution in [3.05, 3.63) is 63.2 Å². The van der Waals surface area contributed by atoms with Gasteiger partial charge in [-0.2, -0.15) is 0 Å². The fourth-order valence-corrected chi connectivity index (χ4v) is 5.23. The van der Waals surface area contributed by atoms with Crippen molar-refractivity contribution in [1.29, 1.82) is 0 Å². The van der Waals surface area contributed by atoms with Gasteiger partial charge in [0.1, 0.15) is 5.69 Å². The maximum atomic E-state index is 13.0. The Balaban J connectivity index is 1.36. The summed E-state index contributed by atoms with van der Waals surface area (Å²) < 4.78 is 6.74. The average molecular weight is 455 g/mol. The van der Waals surface area contributed by atoms with Crippen LogP contribution in [0.4, 0.5) is 5.69 Å². The van der Waals surface area contributed by atoms with Crippen molar-refractivity contribution < 1.29 is 14.3 Å². The smallest absolute Gasteiger partial charge is 0.356 e. The highest BCUT2D eigenvalue weighted by atomic mass is 35.5. The number of fused-ring (bicyclic) bond motifs is 5. The molecule has 2 bridgehead atoms. The lowest BCUT2D eigenvalue weighted by Crippen LogP contribution is -2.49. The van der Waals surface area contributed by atoms with Crippen LogP contribution in [0.25, 0.3) is 10.9 Å². The lowest BCUT2D eigenvalue weighted by atomic mass is 9.83. The molecule has 2 atom stereocenters. The standard InChI is InChI=1S/C23H23ClN4O4/c1-32-23(31)22-21(16-8-15(24)5-6-17(16)25-22)26-19(29)12-27-9-13-7-14(11-27)18-3-2-4-20(30)28(18)10-13/h2-6,8,13-14,25H,7,9-12H2,1H3,(H,26,29)/t13-,14+/m1/s1. The molecule has 1 amide bonds. The molecule has 2 aliphatic heterocycles. The lowest BCUT2D eigenvalue weighted by molar-refractivity contribution is -0.117. The van der Waals surface area contributed by atoms with Crippen LogP contribution in [0.3, 0.4) is 0 Å². The Hall–Kier alpha value is -3.10. The van der Waals surface area contributed by atoms with Gasteiger partial charge in [0.2, 0.25) is 5.91 Å². The number of hydrogen-bond acceptors (Lipinski definition) is 5. The van der Waals surface area contributed by atoms with Gasteiger partial charge in [-0.05, 0) is 36.6 Å². The zero-order chi connectivity index (χ0) is 22.4. The maximum absolute atomic E-state index is 13.0. The molecule has 0 aliphatic carbocycles. The summed E-state index contributed by atoms with van der Waals surface area (Å²) in [6, 6.07) is 10.6. The quantitative estimate of drug-likeness (QED) is 0.591. The fourth-order valence-electron chi connectivity index (χ4n) is 5.06. The number of halogens is 1. The van der Waals surface area contributed by atoms with E-state index < -0.39 is 5.97 Å². The Morgan fingerprint density at radius 3 is 2.88 bits per heavy atom. The molecule has 5 rings (SSSR count). The van der Waals surface area contributed by atoms with Crippen LogP contribution in [-0.4, -0.2) is 53.1 Å². The number of benzene rings is 1. The maximum Gasteiger partial charge on any atom is 0.356 e. The summed E-state index contributed by atoms with van der Waals surface area (Å²) >= 11 is 6.14. The van der Waals surface area contributed by atoms with E-state index in [1.54, 1.807) is 30.3 Å². The summed E-state index contributed by atoms with van der Waals surface area (Å²) in [6.07, 6.45) is 1.02. The van der Waals surface area contributed by atoms with E-state index in [1.165, 1.54) is 7.11 Å². The fraction of sp³-hybridized carbons (Fsp3) is 0.348. The summed E-state index contributed by atoms with van der Waals surface area (Å²) in [7, 11) is 1.29. The Labute approximate surface area is 189 Å². The first-order valence-electron chi connectivity index (χ1n) is 10.5. The predicted molar refractivity (Wildman–Crippen MR) is 121 cm³/mol. The van der Waals surface area contributed by atoms with Crippen molar-refractivity contribution in [2.24, 2.45) is 5.92 Å². The van der Waals surface area contributed by atoms with Gasteiger partial charge in [-0.3, -0.25) is 14.5 Å². The Morgan fingerprint density at radius 1 is 1.22 bits per heavy atom. The molecule has 1 aromatic carbocycles. The zero-order valence-corrected chi connectivity index (χ0v) is 18.3. The SMILES string of the molecule is COC(=O)c1[nH]c2ccc(Cl)cc2c1NC(=O)CN1C[C@H]2C[C@@H](C1)c1cccc(=O)n1C2. The highest BCUT2D eigenvalue weighted by Gasteiger charge is 2.35. The molecule has 32 heavy (non-hydrogen) atoms. The molecule has 0 spiro atoms. The minimum absolute atomic E-state index is 0.0386. The van der Waals surface area contributed by atoms with Crippen molar-refractivity contribution in [3.8, 4) is 0 Å². The van der Waals surface area contributed by atoms with Crippen molar-refractivity contribution in [1.82, 2.24) is 14.5 Å². The molecular weight excluding hydrogens is 432 g/mol. The third kappa shape index (κ3) is 3.69. The van der Waals surface area contributed by atoms with Gasteiger partial charge in [-0.15, -0.1) is 0 Å². The number of anilines is 1. The molecule has 2 aromatic heterocycles. The minimum atomic E-state index is -0.567. The molecular formula is C23H23ClN4O4. The summed E-state index contributed by atoms with van der Waals surface area (Å²) in [4.78, 5) is 42.6. The van der Waals surface area contributed by atoms with Crippen molar-refractivity contribution >= 4 is 40.1 Å². The van der Waals surface area contributed by atoms with E-state index >= 15 is 0 Å². The number of amides is 1. The number of nitrogens with zero attached hydrogens (tertiary/aromatic N) is 2. The third-order valence-electron chi connectivity index (χ3n) is 6.34. The summed E-state index contributed by atoms with van der Waals surface area (Å²) in [6.45, 7) is 2.32. The van der Waals surface area contributed by atoms with Gasteiger partial charge >= 0.3 is 5.97 Å². The number of piperidine rings is 1. The zero-order valence-electron chi connectivity index (χ0n) is 17.6. The van der Waals surface area contributed by atoms with E-state index in [2.05, 4.69) is 15.2 Å². The summed E-state index contributed by atoms with van der Waals surface area (Å²) in [5.74, 6) is -0.239. The monoisotopic (exact) mass is 454 g/mol. The molecule has 9 heteroatoms. The Kier molecular flexibility index (Phi) is 5.27. The molecule has 2 N–H and O–H groups in total. The van der Waals surface area contributed by atoms with Gasteiger partial charge in [0.25, 0.3) is 5.56 Å². The van der Waals surface area contributed by atoms with E-state index in [0.29, 0.717) is 40.6 Å². The second kappa shape index (κ2) is 8.11. The summed E-state index contributed by atoms with van der Waals surface area (Å²) in [5, 5.41) is 4.04. The van der Waals surface area contributed by atoms with Crippen LogP contribution in [0.2, 0.25) is 5.02 Å².